The van der Waals surface area contributed by atoms with E-state index in [0.29, 0.717) is 6.42 Å². The first-order valence-electron chi connectivity index (χ1n) is 7.11. The van der Waals surface area contributed by atoms with Crippen molar-refractivity contribution in [2.45, 2.75) is 38.3 Å². The second kappa shape index (κ2) is 7.24. The van der Waals surface area contributed by atoms with Gasteiger partial charge in [-0.3, -0.25) is 4.90 Å². The van der Waals surface area contributed by atoms with Gasteiger partial charge in [0.25, 0.3) is 0 Å². The lowest BCUT2D eigenvalue weighted by atomic mass is 9.95. The molecule has 20 heavy (non-hydrogen) atoms. The molecule has 2 rings (SSSR count). The molecule has 1 fully saturated rings. The van der Waals surface area contributed by atoms with E-state index in [1.54, 1.807) is 11.3 Å². The Morgan fingerprint density at radius 3 is 3.10 bits per heavy atom. The maximum absolute atomic E-state index is 8.72. The fourth-order valence-electron chi connectivity index (χ4n) is 2.57. The molecular formula is C16H23NO2S. The molecule has 1 N–H and O–H groups in total. The lowest BCUT2D eigenvalue weighted by Gasteiger charge is -2.39. The smallest absolute Gasteiger partial charge is 0.0777 e. The number of hydrogen-bond acceptors (Lipinski definition) is 4. The van der Waals surface area contributed by atoms with Crippen LogP contribution in [0.25, 0.3) is 0 Å². The van der Waals surface area contributed by atoms with Crippen LogP contribution in [-0.4, -0.2) is 42.4 Å². The molecule has 0 bridgehead atoms. The first-order chi connectivity index (χ1) is 9.65. The fraction of sp³-hybridized carbons (Fsp3) is 0.625. The van der Waals surface area contributed by atoms with Crippen LogP contribution in [0.2, 0.25) is 0 Å². The van der Waals surface area contributed by atoms with Crippen molar-refractivity contribution >= 4 is 11.3 Å². The highest BCUT2D eigenvalue weighted by atomic mass is 32.1. The molecule has 0 amide bonds. The third-order valence-electron chi connectivity index (χ3n) is 3.72. The number of aliphatic hydroxyl groups excluding tert-OH is 1. The van der Waals surface area contributed by atoms with Gasteiger partial charge in [-0.25, -0.2) is 0 Å². The summed E-state index contributed by atoms with van der Waals surface area (Å²) in [5, 5.41) is 8.72. The second-order valence-corrected chi connectivity index (χ2v) is 6.68. The molecule has 3 nitrogen and oxygen atoms in total. The summed E-state index contributed by atoms with van der Waals surface area (Å²) in [5.74, 6) is 6.06. The Morgan fingerprint density at radius 2 is 2.35 bits per heavy atom. The van der Waals surface area contributed by atoms with Crippen LogP contribution in [0.15, 0.2) is 12.1 Å². The summed E-state index contributed by atoms with van der Waals surface area (Å²) in [6.07, 6.45) is 2.88. The molecule has 2 heterocycles. The van der Waals surface area contributed by atoms with Crippen molar-refractivity contribution in [3.8, 4) is 11.8 Å². The molecule has 0 radical (unpaired) electrons. The maximum Gasteiger partial charge on any atom is 0.0777 e. The lowest BCUT2D eigenvalue weighted by Crippen LogP contribution is -2.46. The summed E-state index contributed by atoms with van der Waals surface area (Å²) in [7, 11) is 1.81. The Balaban J connectivity index is 1.92. The van der Waals surface area contributed by atoms with E-state index < -0.39 is 0 Å². The number of aliphatic hydroxyl groups is 1. The quantitative estimate of drug-likeness (QED) is 0.866. The van der Waals surface area contributed by atoms with Crippen molar-refractivity contribution in [3.05, 3.63) is 21.9 Å². The third-order valence-corrected chi connectivity index (χ3v) is 4.71. The molecule has 1 aromatic heterocycles. The summed E-state index contributed by atoms with van der Waals surface area (Å²) in [5.41, 5.74) is -0.000723. The van der Waals surface area contributed by atoms with Gasteiger partial charge in [0.15, 0.2) is 0 Å². The van der Waals surface area contributed by atoms with Crippen LogP contribution in [0.4, 0.5) is 0 Å². The molecule has 1 aliphatic rings. The average molecular weight is 293 g/mol. The van der Waals surface area contributed by atoms with E-state index in [9.17, 15) is 0 Å². The average Bonchev–Trinajstić information content (AvgIpc) is 2.87. The van der Waals surface area contributed by atoms with Gasteiger partial charge in [0.2, 0.25) is 0 Å². The minimum absolute atomic E-state index is 0.000723. The Bertz CT molecular complexity index is 488. The van der Waals surface area contributed by atoms with Crippen LogP contribution in [0, 0.1) is 11.8 Å². The Kier molecular flexibility index (Phi) is 5.62. The number of methoxy groups -OCH3 is 1. The molecule has 1 unspecified atom stereocenters. The molecule has 1 aliphatic heterocycles. The first-order valence-corrected chi connectivity index (χ1v) is 7.93. The van der Waals surface area contributed by atoms with Gasteiger partial charge in [0.05, 0.1) is 17.1 Å². The molecule has 1 saturated heterocycles. The van der Waals surface area contributed by atoms with Crippen molar-refractivity contribution in [3.63, 3.8) is 0 Å². The molecule has 0 spiro atoms. The number of hydrogen-bond donors (Lipinski definition) is 1. The molecular weight excluding hydrogens is 270 g/mol. The number of thiophene rings is 1. The summed E-state index contributed by atoms with van der Waals surface area (Å²) >= 11 is 1.75. The van der Waals surface area contributed by atoms with Gasteiger partial charge in [-0.2, -0.15) is 0 Å². The Labute approximate surface area is 125 Å². The molecule has 110 valence electrons. The zero-order valence-corrected chi connectivity index (χ0v) is 13.1. The molecule has 0 aliphatic carbocycles. The van der Waals surface area contributed by atoms with Crippen LogP contribution in [0.5, 0.6) is 0 Å². The van der Waals surface area contributed by atoms with Crippen molar-refractivity contribution in [2.75, 3.05) is 26.8 Å². The van der Waals surface area contributed by atoms with E-state index in [1.165, 1.54) is 11.3 Å². The second-order valence-electron chi connectivity index (χ2n) is 5.51. The number of ether oxygens (including phenoxy) is 1. The van der Waals surface area contributed by atoms with E-state index in [1.807, 2.05) is 7.11 Å². The first kappa shape index (κ1) is 15.5. The molecule has 0 saturated carbocycles. The van der Waals surface area contributed by atoms with Crippen molar-refractivity contribution < 1.29 is 9.84 Å². The van der Waals surface area contributed by atoms with Crippen molar-refractivity contribution in [1.82, 2.24) is 4.90 Å². The highest BCUT2D eigenvalue weighted by Crippen LogP contribution is 2.26. The summed E-state index contributed by atoms with van der Waals surface area (Å²) < 4.78 is 5.63. The largest absolute Gasteiger partial charge is 0.395 e. The van der Waals surface area contributed by atoms with Crippen LogP contribution in [-0.2, 0) is 11.3 Å². The SMILES string of the molecule is COC1(C)CCCN(Cc2ccc(C#CCCO)s2)C1. The van der Waals surface area contributed by atoms with Crippen LogP contribution < -0.4 is 0 Å². The zero-order chi connectivity index (χ0) is 14.4. The topological polar surface area (TPSA) is 32.7 Å². The van der Waals surface area contributed by atoms with Gasteiger partial charge < -0.3 is 9.84 Å². The monoisotopic (exact) mass is 293 g/mol. The summed E-state index contributed by atoms with van der Waals surface area (Å²) in [6.45, 7) is 5.44. The Hall–Kier alpha value is -0.860. The molecule has 0 aromatic carbocycles. The summed E-state index contributed by atoms with van der Waals surface area (Å²) in [6, 6.07) is 4.23. The van der Waals surface area contributed by atoms with Crippen LogP contribution in [0.3, 0.4) is 0 Å². The zero-order valence-electron chi connectivity index (χ0n) is 12.3. The van der Waals surface area contributed by atoms with E-state index in [-0.39, 0.29) is 12.2 Å². The normalized spacial score (nSPS) is 23.4. The predicted molar refractivity (Wildman–Crippen MR) is 82.8 cm³/mol. The van der Waals surface area contributed by atoms with Crippen LogP contribution in [0.1, 0.15) is 35.9 Å². The number of piperidine rings is 1. The summed E-state index contributed by atoms with van der Waals surface area (Å²) in [4.78, 5) is 4.89. The highest BCUT2D eigenvalue weighted by molar-refractivity contribution is 7.12. The third kappa shape index (κ3) is 4.32. The van der Waals surface area contributed by atoms with E-state index in [4.69, 9.17) is 9.84 Å². The van der Waals surface area contributed by atoms with E-state index in [0.717, 1.165) is 30.9 Å². The van der Waals surface area contributed by atoms with Crippen molar-refractivity contribution in [2.24, 2.45) is 0 Å². The Morgan fingerprint density at radius 1 is 1.50 bits per heavy atom. The van der Waals surface area contributed by atoms with Gasteiger partial charge in [-0.15, -0.1) is 11.3 Å². The van der Waals surface area contributed by atoms with E-state index in [2.05, 4.69) is 35.8 Å². The number of likely N-dealkylation sites (tertiary alicyclic amines) is 1. The maximum atomic E-state index is 8.72. The van der Waals surface area contributed by atoms with Gasteiger partial charge in [0.1, 0.15) is 0 Å². The van der Waals surface area contributed by atoms with Crippen LogP contribution >= 0.6 is 11.3 Å². The number of nitrogens with zero attached hydrogens (tertiary/aromatic N) is 1. The fourth-order valence-corrected chi connectivity index (χ4v) is 3.49. The van der Waals surface area contributed by atoms with E-state index >= 15 is 0 Å². The minimum Gasteiger partial charge on any atom is -0.395 e. The molecule has 1 aromatic rings. The standard InChI is InChI=1S/C16H23NO2S/c1-16(19-2)9-5-10-17(13-16)12-15-8-7-14(20-15)6-3-4-11-18/h7-8,18H,4-5,9-13H2,1-2H3. The molecule has 1 atom stereocenters. The highest BCUT2D eigenvalue weighted by Gasteiger charge is 2.30. The van der Waals surface area contributed by atoms with Gasteiger partial charge in [-0.1, -0.05) is 11.8 Å². The van der Waals surface area contributed by atoms with Gasteiger partial charge in [-0.05, 0) is 38.4 Å². The van der Waals surface area contributed by atoms with Gasteiger partial charge >= 0.3 is 0 Å². The van der Waals surface area contributed by atoms with Gasteiger partial charge in [0, 0.05) is 31.5 Å². The lowest BCUT2D eigenvalue weighted by molar-refractivity contribution is -0.0524. The molecule has 4 heteroatoms. The van der Waals surface area contributed by atoms with Crippen molar-refractivity contribution in [1.29, 1.82) is 0 Å². The number of rotatable bonds is 4. The minimum atomic E-state index is -0.000723. The predicted octanol–water partition coefficient (Wildman–Crippen LogP) is 2.48.